The van der Waals surface area contributed by atoms with Crippen molar-refractivity contribution >= 4 is 57.9 Å². The number of thiophene rings is 1. The van der Waals surface area contributed by atoms with Crippen molar-refractivity contribution in [2.45, 2.75) is 6.92 Å². The summed E-state index contributed by atoms with van der Waals surface area (Å²) in [5.74, 6) is -1.17. The molecule has 0 atom stereocenters. The highest BCUT2D eigenvalue weighted by Crippen LogP contribution is 2.29. The number of anilines is 1. The number of aryl methyl sites for hydroxylation is 1. The van der Waals surface area contributed by atoms with Crippen molar-refractivity contribution in [1.82, 2.24) is 10.2 Å². The molecule has 0 aliphatic heterocycles. The lowest BCUT2D eigenvalue weighted by Gasteiger charge is -2.17. The van der Waals surface area contributed by atoms with E-state index in [2.05, 4.69) is 10.6 Å². The molecule has 0 aliphatic rings. The number of amides is 3. The van der Waals surface area contributed by atoms with Gasteiger partial charge in [-0.15, -0.1) is 11.3 Å². The van der Waals surface area contributed by atoms with Crippen molar-refractivity contribution in [1.29, 1.82) is 0 Å². The number of para-hydroxylation sites is 1. The Hall–Kier alpha value is -2.09. The molecule has 1 heterocycles. The van der Waals surface area contributed by atoms with Crippen LogP contribution in [0.25, 0.3) is 0 Å². The number of likely N-dealkylation sites (N-methyl/N-ethyl adjacent to an activating group) is 1. The number of benzene rings is 1. The van der Waals surface area contributed by atoms with E-state index in [1.807, 2.05) is 13.0 Å². The summed E-state index contributed by atoms with van der Waals surface area (Å²) in [6, 6.07) is 8.38. The van der Waals surface area contributed by atoms with Crippen LogP contribution in [-0.4, -0.2) is 42.8 Å². The highest BCUT2D eigenvalue weighted by Gasteiger charge is 2.16. The largest absolute Gasteiger partial charge is 0.342 e. The summed E-state index contributed by atoms with van der Waals surface area (Å²) in [5, 5.41) is 5.72. The zero-order valence-electron chi connectivity index (χ0n) is 14.1. The maximum Gasteiger partial charge on any atom is 0.261 e. The Morgan fingerprint density at radius 3 is 2.35 bits per heavy atom. The fourth-order valence-electron chi connectivity index (χ4n) is 2.03. The molecule has 2 rings (SSSR count). The van der Waals surface area contributed by atoms with Crippen LogP contribution in [-0.2, 0) is 9.59 Å². The molecule has 1 aromatic heterocycles. The minimum Gasteiger partial charge on any atom is -0.342 e. The SMILES string of the molecule is Cc1ccc(C(=O)NCC(=O)N(C)CC(=O)Nc2c(Cl)cccc2Cl)s1. The van der Waals surface area contributed by atoms with Crippen LogP contribution in [0.3, 0.4) is 0 Å². The van der Waals surface area contributed by atoms with Gasteiger partial charge in [-0.2, -0.15) is 0 Å². The Balaban J connectivity index is 1.84. The number of nitrogens with zero attached hydrogens (tertiary/aromatic N) is 1. The van der Waals surface area contributed by atoms with Crippen LogP contribution in [0.4, 0.5) is 5.69 Å². The molecule has 0 saturated heterocycles. The lowest BCUT2D eigenvalue weighted by atomic mass is 10.3. The third kappa shape index (κ3) is 5.45. The van der Waals surface area contributed by atoms with Gasteiger partial charge in [0.05, 0.1) is 33.7 Å². The first-order valence-electron chi connectivity index (χ1n) is 7.60. The molecule has 1 aromatic carbocycles. The van der Waals surface area contributed by atoms with Crippen molar-refractivity contribution in [2.24, 2.45) is 0 Å². The van der Waals surface area contributed by atoms with E-state index in [-0.39, 0.29) is 19.0 Å². The zero-order chi connectivity index (χ0) is 19.3. The molecule has 3 amide bonds. The molecule has 0 radical (unpaired) electrons. The van der Waals surface area contributed by atoms with Crippen LogP contribution in [0.5, 0.6) is 0 Å². The fraction of sp³-hybridized carbons (Fsp3) is 0.235. The predicted molar refractivity (Wildman–Crippen MR) is 104 cm³/mol. The van der Waals surface area contributed by atoms with Gasteiger partial charge in [0.2, 0.25) is 11.8 Å². The van der Waals surface area contributed by atoms with Crippen LogP contribution in [0.1, 0.15) is 14.5 Å². The molecule has 2 aromatic rings. The highest BCUT2D eigenvalue weighted by molar-refractivity contribution is 7.13. The summed E-state index contributed by atoms with van der Waals surface area (Å²) in [7, 11) is 1.47. The Labute approximate surface area is 165 Å². The van der Waals surface area contributed by atoms with Crippen LogP contribution in [0, 0.1) is 6.92 Å². The smallest absolute Gasteiger partial charge is 0.261 e. The first-order valence-corrected chi connectivity index (χ1v) is 9.17. The van der Waals surface area contributed by atoms with Gasteiger partial charge in [-0.25, -0.2) is 0 Å². The van der Waals surface area contributed by atoms with E-state index in [0.717, 1.165) is 4.88 Å². The first kappa shape index (κ1) is 20.2. The van der Waals surface area contributed by atoms with Crippen LogP contribution >= 0.6 is 34.5 Å². The van der Waals surface area contributed by atoms with E-state index < -0.39 is 11.8 Å². The van der Waals surface area contributed by atoms with Gasteiger partial charge in [0.25, 0.3) is 5.91 Å². The molecule has 0 saturated carbocycles. The zero-order valence-corrected chi connectivity index (χ0v) is 16.5. The average Bonchev–Trinajstić information content (AvgIpc) is 3.02. The quantitative estimate of drug-likeness (QED) is 0.762. The summed E-state index contributed by atoms with van der Waals surface area (Å²) in [5.41, 5.74) is 0.294. The normalized spacial score (nSPS) is 10.3. The Morgan fingerprint density at radius 1 is 1.12 bits per heavy atom. The molecule has 9 heteroatoms. The van der Waals surface area contributed by atoms with Gasteiger partial charge in [0.15, 0.2) is 0 Å². The van der Waals surface area contributed by atoms with E-state index in [1.54, 1.807) is 24.3 Å². The molecular formula is C17H17Cl2N3O3S. The van der Waals surface area contributed by atoms with Crippen LogP contribution < -0.4 is 10.6 Å². The number of carbonyl (C=O) groups is 3. The Morgan fingerprint density at radius 2 is 1.77 bits per heavy atom. The van der Waals surface area contributed by atoms with E-state index in [9.17, 15) is 14.4 Å². The van der Waals surface area contributed by atoms with Gasteiger partial charge in [-0.05, 0) is 31.2 Å². The average molecular weight is 414 g/mol. The van der Waals surface area contributed by atoms with Crippen LogP contribution in [0.15, 0.2) is 30.3 Å². The van der Waals surface area contributed by atoms with Gasteiger partial charge in [0.1, 0.15) is 0 Å². The standard InChI is InChI=1S/C17H17Cl2N3O3S/c1-10-6-7-13(26-10)17(25)20-8-15(24)22(2)9-14(23)21-16-11(18)4-3-5-12(16)19/h3-7H,8-9H2,1-2H3,(H,20,25)(H,21,23). The van der Waals surface area contributed by atoms with Crippen LogP contribution in [0.2, 0.25) is 10.0 Å². The molecule has 0 fully saturated rings. The second-order valence-electron chi connectivity index (χ2n) is 5.49. The van der Waals surface area contributed by atoms with Crippen molar-refractivity contribution in [3.63, 3.8) is 0 Å². The van der Waals surface area contributed by atoms with Gasteiger partial charge in [-0.1, -0.05) is 29.3 Å². The van der Waals surface area contributed by atoms with E-state index in [0.29, 0.717) is 20.6 Å². The summed E-state index contributed by atoms with van der Waals surface area (Å²) >= 11 is 13.3. The molecule has 0 spiro atoms. The number of hydrogen-bond donors (Lipinski definition) is 2. The first-order chi connectivity index (χ1) is 12.3. The minimum absolute atomic E-state index is 0.200. The molecule has 6 nitrogen and oxygen atoms in total. The maximum absolute atomic E-state index is 12.1. The van der Waals surface area contributed by atoms with Crippen molar-refractivity contribution < 1.29 is 14.4 Å². The molecular weight excluding hydrogens is 397 g/mol. The lowest BCUT2D eigenvalue weighted by Crippen LogP contribution is -2.41. The summed E-state index contributed by atoms with van der Waals surface area (Å²) in [6.45, 7) is 1.49. The lowest BCUT2D eigenvalue weighted by molar-refractivity contribution is -0.132. The number of halogens is 2. The van der Waals surface area contributed by atoms with Crippen molar-refractivity contribution in [3.05, 3.63) is 50.1 Å². The molecule has 138 valence electrons. The number of nitrogens with one attached hydrogen (secondary N) is 2. The highest BCUT2D eigenvalue weighted by atomic mass is 35.5. The topological polar surface area (TPSA) is 78.5 Å². The van der Waals surface area contributed by atoms with E-state index in [1.165, 1.54) is 23.3 Å². The monoisotopic (exact) mass is 413 g/mol. The third-order valence-electron chi connectivity index (χ3n) is 3.40. The Kier molecular flexibility index (Phi) is 7.02. The number of hydrogen-bond acceptors (Lipinski definition) is 4. The summed E-state index contributed by atoms with van der Waals surface area (Å²) < 4.78 is 0. The van der Waals surface area contributed by atoms with Crippen molar-refractivity contribution in [3.8, 4) is 0 Å². The number of carbonyl (C=O) groups excluding carboxylic acids is 3. The molecule has 0 aliphatic carbocycles. The van der Waals surface area contributed by atoms with E-state index in [4.69, 9.17) is 23.2 Å². The molecule has 26 heavy (non-hydrogen) atoms. The van der Waals surface area contributed by atoms with Gasteiger partial charge in [-0.3, -0.25) is 14.4 Å². The second kappa shape index (κ2) is 9.02. The van der Waals surface area contributed by atoms with Crippen molar-refractivity contribution in [2.75, 3.05) is 25.5 Å². The van der Waals surface area contributed by atoms with Gasteiger partial charge < -0.3 is 15.5 Å². The third-order valence-corrected chi connectivity index (χ3v) is 5.03. The maximum atomic E-state index is 12.1. The van der Waals surface area contributed by atoms with E-state index >= 15 is 0 Å². The predicted octanol–water partition coefficient (Wildman–Crippen LogP) is 3.19. The minimum atomic E-state index is -0.448. The summed E-state index contributed by atoms with van der Waals surface area (Å²) in [6.07, 6.45) is 0. The summed E-state index contributed by atoms with van der Waals surface area (Å²) in [4.78, 5) is 38.9. The molecule has 0 bridgehead atoms. The molecule has 0 unspecified atom stereocenters. The molecule has 2 N–H and O–H groups in total. The van der Waals surface area contributed by atoms with Gasteiger partial charge in [0, 0.05) is 11.9 Å². The Bertz CT molecular complexity index is 818. The van der Waals surface area contributed by atoms with Gasteiger partial charge >= 0.3 is 0 Å². The fourth-order valence-corrected chi connectivity index (χ4v) is 3.31. The number of rotatable bonds is 6. The second-order valence-corrected chi connectivity index (χ2v) is 7.59.